The van der Waals surface area contributed by atoms with Gasteiger partial charge in [0.25, 0.3) is 0 Å². The molecule has 0 amide bonds. The maximum absolute atomic E-state index is 5.22. The second kappa shape index (κ2) is 6.93. The number of aromatic nitrogens is 3. The SMILES string of the molecule is COCCN(CCOC)c1ncnc2c1[nH]c1ccc(C)cc12. The highest BCUT2D eigenvalue weighted by atomic mass is 16.5. The van der Waals surface area contributed by atoms with E-state index in [-0.39, 0.29) is 0 Å². The molecule has 0 radical (unpaired) electrons. The number of aryl methyl sites for hydroxylation is 1. The third-order valence-electron chi connectivity index (χ3n) is 3.95. The van der Waals surface area contributed by atoms with Crippen LogP contribution in [0.4, 0.5) is 5.82 Å². The summed E-state index contributed by atoms with van der Waals surface area (Å²) in [5.74, 6) is 0.887. The maximum atomic E-state index is 5.22. The van der Waals surface area contributed by atoms with E-state index in [9.17, 15) is 0 Å². The van der Waals surface area contributed by atoms with E-state index in [1.54, 1.807) is 20.5 Å². The zero-order valence-corrected chi connectivity index (χ0v) is 13.8. The fraction of sp³-hybridized carbons (Fsp3) is 0.412. The van der Waals surface area contributed by atoms with E-state index < -0.39 is 0 Å². The van der Waals surface area contributed by atoms with Gasteiger partial charge >= 0.3 is 0 Å². The number of nitrogens with zero attached hydrogens (tertiary/aromatic N) is 3. The normalized spacial score (nSPS) is 11.4. The van der Waals surface area contributed by atoms with Gasteiger partial charge in [0.15, 0.2) is 5.82 Å². The van der Waals surface area contributed by atoms with Crippen molar-refractivity contribution in [2.24, 2.45) is 0 Å². The molecule has 2 heterocycles. The van der Waals surface area contributed by atoms with Crippen molar-refractivity contribution in [1.82, 2.24) is 15.0 Å². The third kappa shape index (κ3) is 3.13. The van der Waals surface area contributed by atoms with Crippen LogP contribution in [-0.4, -0.2) is 55.5 Å². The molecule has 2 aromatic heterocycles. The summed E-state index contributed by atoms with van der Waals surface area (Å²) in [6.07, 6.45) is 1.62. The van der Waals surface area contributed by atoms with Crippen LogP contribution in [0.25, 0.3) is 21.9 Å². The number of anilines is 1. The fourth-order valence-electron chi connectivity index (χ4n) is 2.76. The minimum atomic E-state index is 0.633. The smallest absolute Gasteiger partial charge is 0.156 e. The summed E-state index contributed by atoms with van der Waals surface area (Å²) in [7, 11) is 3.41. The van der Waals surface area contributed by atoms with Gasteiger partial charge in [-0.1, -0.05) is 11.6 Å². The van der Waals surface area contributed by atoms with Gasteiger partial charge < -0.3 is 19.4 Å². The highest BCUT2D eigenvalue weighted by molar-refractivity contribution is 6.08. The number of aromatic amines is 1. The maximum Gasteiger partial charge on any atom is 0.156 e. The predicted molar refractivity (Wildman–Crippen MR) is 92.1 cm³/mol. The lowest BCUT2D eigenvalue weighted by atomic mass is 10.1. The molecule has 6 heteroatoms. The average molecular weight is 314 g/mol. The minimum absolute atomic E-state index is 0.633. The van der Waals surface area contributed by atoms with Gasteiger partial charge in [-0.2, -0.15) is 0 Å². The van der Waals surface area contributed by atoms with E-state index in [0.29, 0.717) is 13.2 Å². The van der Waals surface area contributed by atoms with Crippen LogP contribution in [-0.2, 0) is 9.47 Å². The summed E-state index contributed by atoms with van der Waals surface area (Å²) in [4.78, 5) is 14.6. The molecule has 0 saturated carbocycles. The molecule has 23 heavy (non-hydrogen) atoms. The van der Waals surface area contributed by atoms with E-state index in [0.717, 1.165) is 40.8 Å². The Kier molecular flexibility index (Phi) is 4.73. The zero-order chi connectivity index (χ0) is 16.2. The molecule has 3 rings (SSSR count). The predicted octanol–water partition coefficient (Wildman–Crippen LogP) is 2.52. The second-order valence-corrected chi connectivity index (χ2v) is 5.57. The number of fused-ring (bicyclic) bond motifs is 3. The van der Waals surface area contributed by atoms with Gasteiger partial charge in [-0.05, 0) is 19.1 Å². The fourth-order valence-corrected chi connectivity index (χ4v) is 2.76. The van der Waals surface area contributed by atoms with Gasteiger partial charge in [0, 0.05) is 38.2 Å². The van der Waals surface area contributed by atoms with E-state index in [1.807, 2.05) is 0 Å². The molecule has 0 aliphatic rings. The molecule has 122 valence electrons. The van der Waals surface area contributed by atoms with Crippen LogP contribution in [0.15, 0.2) is 24.5 Å². The van der Waals surface area contributed by atoms with Crippen molar-refractivity contribution in [3.05, 3.63) is 30.1 Å². The molecule has 0 aliphatic carbocycles. The van der Waals surface area contributed by atoms with Crippen molar-refractivity contribution in [3.8, 4) is 0 Å². The summed E-state index contributed by atoms with van der Waals surface area (Å²) < 4.78 is 10.4. The highest BCUT2D eigenvalue weighted by Gasteiger charge is 2.16. The summed E-state index contributed by atoms with van der Waals surface area (Å²) in [5, 5.41) is 1.13. The lowest BCUT2D eigenvalue weighted by Crippen LogP contribution is -2.31. The number of benzene rings is 1. The zero-order valence-electron chi connectivity index (χ0n) is 13.8. The van der Waals surface area contributed by atoms with Gasteiger partial charge in [-0.25, -0.2) is 9.97 Å². The number of methoxy groups -OCH3 is 2. The molecule has 3 aromatic rings. The van der Waals surface area contributed by atoms with Crippen LogP contribution in [0.3, 0.4) is 0 Å². The number of hydrogen-bond donors (Lipinski definition) is 1. The Hall–Kier alpha value is -2.18. The molecule has 0 fully saturated rings. The van der Waals surface area contributed by atoms with E-state index in [4.69, 9.17) is 9.47 Å². The van der Waals surface area contributed by atoms with Gasteiger partial charge in [0.1, 0.15) is 17.4 Å². The first kappa shape index (κ1) is 15.7. The molecule has 0 spiro atoms. The van der Waals surface area contributed by atoms with Crippen molar-refractivity contribution in [1.29, 1.82) is 0 Å². The number of ether oxygens (including phenoxy) is 2. The summed E-state index contributed by atoms with van der Waals surface area (Å²) in [6.45, 7) is 4.85. The monoisotopic (exact) mass is 314 g/mol. The lowest BCUT2D eigenvalue weighted by Gasteiger charge is -2.23. The molecule has 1 N–H and O–H groups in total. The molecule has 0 unspecified atom stereocenters. The Morgan fingerprint density at radius 3 is 2.52 bits per heavy atom. The molecule has 1 aromatic carbocycles. The Balaban J connectivity index is 2.09. The summed E-state index contributed by atoms with van der Waals surface area (Å²) >= 11 is 0. The number of hydrogen-bond acceptors (Lipinski definition) is 5. The van der Waals surface area contributed by atoms with E-state index in [1.165, 1.54) is 5.56 Å². The first-order valence-corrected chi connectivity index (χ1v) is 7.70. The lowest BCUT2D eigenvalue weighted by molar-refractivity contribution is 0.190. The van der Waals surface area contributed by atoms with Crippen molar-refractivity contribution in [2.75, 3.05) is 45.4 Å². The average Bonchev–Trinajstić information content (AvgIpc) is 2.93. The van der Waals surface area contributed by atoms with Gasteiger partial charge in [-0.15, -0.1) is 0 Å². The summed E-state index contributed by atoms with van der Waals surface area (Å²) in [5.41, 5.74) is 4.20. The summed E-state index contributed by atoms with van der Waals surface area (Å²) in [6, 6.07) is 6.34. The molecule has 0 atom stereocenters. The quantitative estimate of drug-likeness (QED) is 0.726. The van der Waals surface area contributed by atoms with Crippen LogP contribution in [0.2, 0.25) is 0 Å². The van der Waals surface area contributed by atoms with Crippen LogP contribution in [0, 0.1) is 6.92 Å². The van der Waals surface area contributed by atoms with Gasteiger partial charge in [-0.3, -0.25) is 0 Å². The standard InChI is InChI=1S/C17H22N4O2/c1-12-4-5-14-13(10-12)15-16(20-14)17(19-11-18-15)21(6-8-22-2)7-9-23-3/h4-5,10-11,20H,6-9H2,1-3H3. The molecule has 0 aliphatic heterocycles. The van der Waals surface area contributed by atoms with Crippen LogP contribution in [0.1, 0.15) is 5.56 Å². The molecule has 0 bridgehead atoms. The van der Waals surface area contributed by atoms with Crippen LogP contribution in [0.5, 0.6) is 0 Å². The van der Waals surface area contributed by atoms with Crippen molar-refractivity contribution in [2.45, 2.75) is 6.92 Å². The number of H-pyrrole nitrogens is 1. The second-order valence-electron chi connectivity index (χ2n) is 5.57. The van der Waals surface area contributed by atoms with Crippen molar-refractivity contribution in [3.63, 3.8) is 0 Å². The van der Waals surface area contributed by atoms with E-state index in [2.05, 4.69) is 45.0 Å². The Morgan fingerprint density at radius 1 is 1.09 bits per heavy atom. The largest absolute Gasteiger partial charge is 0.383 e. The number of nitrogens with one attached hydrogen (secondary N) is 1. The van der Waals surface area contributed by atoms with E-state index >= 15 is 0 Å². The first-order chi connectivity index (χ1) is 11.2. The number of rotatable bonds is 7. The first-order valence-electron chi connectivity index (χ1n) is 7.70. The Bertz CT molecular complexity index is 792. The molecular formula is C17H22N4O2. The van der Waals surface area contributed by atoms with Crippen molar-refractivity contribution < 1.29 is 9.47 Å². The topological polar surface area (TPSA) is 63.3 Å². The van der Waals surface area contributed by atoms with Crippen molar-refractivity contribution >= 4 is 27.8 Å². The molecule has 0 saturated heterocycles. The molecule has 6 nitrogen and oxygen atoms in total. The van der Waals surface area contributed by atoms with Crippen LogP contribution >= 0.6 is 0 Å². The van der Waals surface area contributed by atoms with Crippen LogP contribution < -0.4 is 4.90 Å². The Labute approximate surface area is 135 Å². The highest BCUT2D eigenvalue weighted by Crippen LogP contribution is 2.29. The molecular weight excluding hydrogens is 292 g/mol. The third-order valence-corrected chi connectivity index (χ3v) is 3.95. The van der Waals surface area contributed by atoms with Gasteiger partial charge in [0.05, 0.1) is 13.2 Å². The van der Waals surface area contributed by atoms with Gasteiger partial charge in [0.2, 0.25) is 0 Å². The minimum Gasteiger partial charge on any atom is -0.383 e. The Morgan fingerprint density at radius 2 is 1.83 bits per heavy atom.